The second-order valence-corrected chi connectivity index (χ2v) is 6.08. The predicted molar refractivity (Wildman–Crippen MR) is 91.0 cm³/mol. The normalized spacial score (nSPS) is 11.2. The van der Waals surface area contributed by atoms with E-state index in [9.17, 15) is 9.18 Å². The molecule has 116 valence electrons. The van der Waals surface area contributed by atoms with E-state index in [1.807, 2.05) is 25.1 Å². The Hall–Kier alpha value is -2.53. The van der Waals surface area contributed by atoms with Crippen molar-refractivity contribution in [3.63, 3.8) is 0 Å². The number of carbonyl (C=O) groups is 1. The number of ketones is 1. The van der Waals surface area contributed by atoms with Crippen LogP contribution in [0.3, 0.4) is 0 Å². The lowest BCUT2D eigenvalue weighted by molar-refractivity contribution is 0.104. The highest BCUT2D eigenvalue weighted by molar-refractivity contribution is 7.16. The smallest absolute Gasteiger partial charge is 0.189 e. The molecule has 2 heterocycles. The van der Waals surface area contributed by atoms with Crippen LogP contribution in [0.2, 0.25) is 0 Å². The molecule has 0 spiro atoms. The summed E-state index contributed by atoms with van der Waals surface area (Å²) in [6.45, 7) is 2.70. The zero-order valence-electron chi connectivity index (χ0n) is 12.6. The number of aromatic nitrogens is 2. The maximum absolute atomic E-state index is 13.8. The van der Waals surface area contributed by atoms with Crippen molar-refractivity contribution in [1.82, 2.24) is 9.78 Å². The Labute approximate surface area is 137 Å². The van der Waals surface area contributed by atoms with Crippen molar-refractivity contribution in [3.05, 3.63) is 71.1 Å². The van der Waals surface area contributed by atoms with Crippen molar-refractivity contribution in [3.8, 4) is 10.4 Å². The Morgan fingerprint density at radius 3 is 2.87 bits per heavy atom. The molecule has 1 aromatic carbocycles. The summed E-state index contributed by atoms with van der Waals surface area (Å²) in [5, 5.41) is 4.09. The zero-order chi connectivity index (χ0) is 16.2. The maximum Gasteiger partial charge on any atom is 0.189 e. The molecule has 0 aliphatic carbocycles. The molecule has 23 heavy (non-hydrogen) atoms. The molecule has 3 aromatic rings. The summed E-state index contributed by atoms with van der Waals surface area (Å²) in [6.07, 6.45) is 6.57. The lowest BCUT2D eigenvalue weighted by atomic mass is 10.2. The number of thiophene rings is 1. The maximum atomic E-state index is 13.8. The van der Waals surface area contributed by atoms with E-state index in [1.165, 1.54) is 23.5 Å². The molecule has 0 aliphatic heterocycles. The van der Waals surface area contributed by atoms with E-state index in [0.717, 1.165) is 16.3 Å². The van der Waals surface area contributed by atoms with Crippen molar-refractivity contribution in [2.24, 2.45) is 0 Å². The minimum Gasteiger partial charge on any atom is -0.289 e. The van der Waals surface area contributed by atoms with Gasteiger partial charge in [-0.1, -0.05) is 18.2 Å². The molecular formula is C18H15FN2OS. The van der Waals surface area contributed by atoms with E-state index >= 15 is 0 Å². The van der Waals surface area contributed by atoms with Crippen LogP contribution in [0.4, 0.5) is 4.39 Å². The lowest BCUT2D eigenvalue weighted by Crippen LogP contribution is -1.94. The standard InChI is InChI=1S/C18H15FN2OS/c1-2-21-12-13(11-20-21)17(22)9-7-14-8-10-18(23-14)15-5-3-4-6-16(15)19/h3-12H,2H2,1H3. The largest absolute Gasteiger partial charge is 0.289 e. The van der Waals surface area contributed by atoms with Crippen LogP contribution in [-0.2, 0) is 6.54 Å². The number of rotatable bonds is 5. The van der Waals surface area contributed by atoms with Crippen LogP contribution in [-0.4, -0.2) is 15.6 Å². The first kappa shape index (κ1) is 15.4. The fourth-order valence-corrected chi connectivity index (χ4v) is 3.10. The molecule has 0 atom stereocenters. The van der Waals surface area contributed by atoms with E-state index < -0.39 is 0 Å². The second-order valence-electron chi connectivity index (χ2n) is 4.96. The van der Waals surface area contributed by atoms with Crippen LogP contribution in [0.5, 0.6) is 0 Å². The molecule has 0 fully saturated rings. The van der Waals surface area contributed by atoms with E-state index in [1.54, 1.807) is 35.3 Å². The number of hydrogen-bond acceptors (Lipinski definition) is 3. The van der Waals surface area contributed by atoms with Crippen LogP contribution in [0.25, 0.3) is 16.5 Å². The topological polar surface area (TPSA) is 34.9 Å². The molecule has 0 aliphatic rings. The second kappa shape index (κ2) is 6.71. The predicted octanol–water partition coefficient (Wildman–Crippen LogP) is 4.67. The molecule has 0 saturated heterocycles. The zero-order valence-corrected chi connectivity index (χ0v) is 13.4. The van der Waals surface area contributed by atoms with Crippen molar-refractivity contribution in [2.75, 3.05) is 0 Å². The Morgan fingerprint density at radius 2 is 2.13 bits per heavy atom. The summed E-state index contributed by atoms with van der Waals surface area (Å²) >= 11 is 1.45. The molecule has 2 aromatic heterocycles. The Bertz CT molecular complexity index is 863. The number of allylic oxidation sites excluding steroid dienone is 1. The number of aryl methyl sites for hydroxylation is 1. The fraction of sp³-hybridized carbons (Fsp3) is 0.111. The molecule has 0 N–H and O–H groups in total. The lowest BCUT2D eigenvalue weighted by Gasteiger charge is -1.97. The first-order valence-corrected chi connectivity index (χ1v) is 8.08. The molecule has 5 heteroatoms. The van der Waals surface area contributed by atoms with Crippen LogP contribution < -0.4 is 0 Å². The van der Waals surface area contributed by atoms with Gasteiger partial charge in [-0.3, -0.25) is 9.48 Å². The van der Waals surface area contributed by atoms with Crippen molar-refractivity contribution < 1.29 is 9.18 Å². The van der Waals surface area contributed by atoms with Gasteiger partial charge in [-0.25, -0.2) is 4.39 Å². The molecule has 3 rings (SSSR count). The Kier molecular flexibility index (Phi) is 4.48. The van der Waals surface area contributed by atoms with E-state index in [0.29, 0.717) is 11.1 Å². The van der Waals surface area contributed by atoms with Gasteiger partial charge in [0.1, 0.15) is 5.82 Å². The third-order valence-electron chi connectivity index (χ3n) is 3.41. The monoisotopic (exact) mass is 326 g/mol. The molecule has 3 nitrogen and oxygen atoms in total. The van der Waals surface area contributed by atoms with Gasteiger partial charge in [0.15, 0.2) is 5.78 Å². The summed E-state index contributed by atoms with van der Waals surface area (Å²) in [7, 11) is 0. The third kappa shape index (κ3) is 3.46. The summed E-state index contributed by atoms with van der Waals surface area (Å²) < 4.78 is 15.5. The van der Waals surface area contributed by atoms with Crippen LogP contribution >= 0.6 is 11.3 Å². The number of halogens is 1. The average Bonchev–Trinajstić information content (AvgIpc) is 3.22. The first-order chi connectivity index (χ1) is 11.2. The number of nitrogens with zero attached hydrogens (tertiary/aromatic N) is 2. The van der Waals surface area contributed by atoms with Crippen LogP contribution in [0.1, 0.15) is 22.2 Å². The highest BCUT2D eigenvalue weighted by atomic mass is 32.1. The minimum atomic E-state index is -0.243. The van der Waals surface area contributed by atoms with Gasteiger partial charge in [0.05, 0.1) is 11.8 Å². The first-order valence-electron chi connectivity index (χ1n) is 7.27. The number of benzene rings is 1. The highest BCUT2D eigenvalue weighted by Crippen LogP contribution is 2.30. The minimum absolute atomic E-state index is 0.0921. The summed E-state index contributed by atoms with van der Waals surface area (Å²) in [5.74, 6) is -0.335. The van der Waals surface area contributed by atoms with Gasteiger partial charge in [0.2, 0.25) is 0 Å². The molecular weight excluding hydrogens is 311 g/mol. The van der Waals surface area contributed by atoms with Crippen LogP contribution in [0.15, 0.2) is 54.9 Å². The van der Waals surface area contributed by atoms with Crippen molar-refractivity contribution in [2.45, 2.75) is 13.5 Å². The van der Waals surface area contributed by atoms with Gasteiger partial charge in [0.25, 0.3) is 0 Å². The number of hydrogen-bond donors (Lipinski definition) is 0. The molecule has 0 amide bonds. The summed E-state index contributed by atoms with van der Waals surface area (Å²) in [6, 6.07) is 10.4. The van der Waals surface area contributed by atoms with E-state index in [-0.39, 0.29) is 11.6 Å². The van der Waals surface area contributed by atoms with Gasteiger partial charge < -0.3 is 0 Å². The molecule has 0 saturated carbocycles. The molecule has 0 radical (unpaired) electrons. The molecule has 0 unspecified atom stereocenters. The van der Waals surface area contributed by atoms with Gasteiger partial charge in [-0.2, -0.15) is 5.10 Å². The molecule has 0 bridgehead atoms. The SMILES string of the molecule is CCn1cc(C(=O)C=Cc2ccc(-c3ccccc3F)s2)cn1. The fourth-order valence-electron chi connectivity index (χ4n) is 2.17. The quantitative estimate of drug-likeness (QED) is 0.504. The van der Waals surface area contributed by atoms with Gasteiger partial charge in [-0.05, 0) is 37.3 Å². The van der Waals surface area contributed by atoms with Gasteiger partial charge in [0, 0.05) is 28.1 Å². The number of carbonyl (C=O) groups excluding carboxylic acids is 1. The summed E-state index contributed by atoms with van der Waals surface area (Å²) in [4.78, 5) is 13.8. The van der Waals surface area contributed by atoms with Gasteiger partial charge >= 0.3 is 0 Å². The average molecular weight is 326 g/mol. The van der Waals surface area contributed by atoms with Crippen molar-refractivity contribution in [1.29, 1.82) is 0 Å². The Morgan fingerprint density at radius 1 is 1.30 bits per heavy atom. The van der Waals surface area contributed by atoms with Gasteiger partial charge in [-0.15, -0.1) is 11.3 Å². The third-order valence-corrected chi connectivity index (χ3v) is 4.49. The van der Waals surface area contributed by atoms with Crippen LogP contribution in [0, 0.1) is 5.82 Å². The summed E-state index contributed by atoms with van der Waals surface area (Å²) in [5.41, 5.74) is 1.14. The van der Waals surface area contributed by atoms with E-state index in [4.69, 9.17) is 0 Å². The Balaban J connectivity index is 1.76. The highest BCUT2D eigenvalue weighted by Gasteiger charge is 2.07. The van der Waals surface area contributed by atoms with E-state index in [2.05, 4.69) is 5.10 Å². The van der Waals surface area contributed by atoms with Crippen molar-refractivity contribution >= 4 is 23.2 Å².